The van der Waals surface area contributed by atoms with Crippen LogP contribution in [-0.4, -0.2) is 110 Å². The number of allylic oxidation sites excluding steroid dienone is 1. The van der Waals surface area contributed by atoms with E-state index >= 15 is 0 Å². The minimum absolute atomic E-state index is 0.0727. The zero-order valence-electron chi connectivity index (χ0n) is 26.8. The summed E-state index contributed by atoms with van der Waals surface area (Å²) in [6, 6.07) is 0.377. The van der Waals surface area contributed by atoms with Crippen LogP contribution in [-0.2, 0) is 9.47 Å². The van der Waals surface area contributed by atoms with Crippen molar-refractivity contribution in [3.8, 4) is 0 Å². The second-order valence-electron chi connectivity index (χ2n) is 16.2. The van der Waals surface area contributed by atoms with Crippen LogP contribution in [0.4, 0.5) is 0 Å². The molecule has 246 valence electrons. The summed E-state index contributed by atoms with van der Waals surface area (Å²) in [5, 5.41) is 62.7. The molecule has 16 atom stereocenters. The minimum atomic E-state index is -1.43. The first-order valence-corrected chi connectivity index (χ1v) is 17.0. The zero-order valence-corrected chi connectivity index (χ0v) is 26.8. The van der Waals surface area contributed by atoms with Gasteiger partial charge in [0.1, 0.15) is 24.4 Å². The molecule has 0 unspecified atom stereocenters. The summed E-state index contributed by atoms with van der Waals surface area (Å²) in [5.41, 5.74) is 0.956. The van der Waals surface area contributed by atoms with E-state index < -0.39 is 42.9 Å². The summed E-state index contributed by atoms with van der Waals surface area (Å²) in [6.07, 6.45) is 4.23. The number of aliphatic hydroxyl groups is 6. The maximum atomic E-state index is 11.7. The van der Waals surface area contributed by atoms with Crippen molar-refractivity contribution in [1.82, 2.24) is 4.90 Å². The highest BCUT2D eigenvalue weighted by Crippen LogP contribution is 2.67. The fourth-order valence-electron chi connectivity index (χ4n) is 11.4. The van der Waals surface area contributed by atoms with Gasteiger partial charge in [-0.1, -0.05) is 32.4 Å². The molecule has 0 aromatic heterocycles. The quantitative estimate of drug-likeness (QED) is 0.259. The van der Waals surface area contributed by atoms with Crippen molar-refractivity contribution in [3.63, 3.8) is 0 Å². The molecule has 2 aliphatic heterocycles. The lowest BCUT2D eigenvalue weighted by atomic mass is 9.46. The summed E-state index contributed by atoms with van der Waals surface area (Å²) >= 11 is 0. The van der Waals surface area contributed by atoms with E-state index in [4.69, 9.17) is 9.47 Å². The van der Waals surface area contributed by atoms with E-state index in [-0.39, 0.29) is 29.0 Å². The predicted octanol–water partition coefficient (Wildman–Crippen LogP) is 2.20. The Hall–Kier alpha value is -0.620. The fourth-order valence-corrected chi connectivity index (χ4v) is 11.4. The Morgan fingerprint density at radius 3 is 2.44 bits per heavy atom. The standard InChI is InChI=1S/C34H57NO8/c1-18(24-10-11-32(2,41)17-35(24)5)27-25(37)15-23-21-7-6-19-14-20(8-12-33(19,3)22(21)9-13-34(23,27)4)42-31-30(40)29(39)28(38)26(16-36)43-31/h6,18,20-31,36-41H,7-17H2,1-5H3/t18-,20+,21-,22+,23+,24+,25+,26-,27+,28-,29+,30-,31-,32-,33+,34+/m1/s1. The van der Waals surface area contributed by atoms with Crippen LogP contribution < -0.4 is 0 Å². The number of likely N-dealkylation sites (N-methyl/N-ethyl adjacent to an activating group) is 1. The Labute approximate surface area is 257 Å². The van der Waals surface area contributed by atoms with Crippen LogP contribution in [0.3, 0.4) is 0 Å². The third-order valence-electron chi connectivity index (χ3n) is 13.7. The molecule has 0 aromatic rings. The van der Waals surface area contributed by atoms with E-state index in [9.17, 15) is 30.6 Å². The van der Waals surface area contributed by atoms with E-state index in [1.165, 1.54) is 5.57 Å². The zero-order chi connectivity index (χ0) is 31.1. The molecule has 0 radical (unpaired) electrons. The van der Waals surface area contributed by atoms with Crippen molar-refractivity contribution >= 4 is 0 Å². The Morgan fingerprint density at radius 1 is 1.00 bits per heavy atom. The van der Waals surface area contributed by atoms with Gasteiger partial charge in [-0.25, -0.2) is 0 Å². The molecule has 6 rings (SSSR count). The van der Waals surface area contributed by atoms with Gasteiger partial charge < -0.3 is 45.0 Å². The van der Waals surface area contributed by atoms with Crippen LogP contribution in [0.1, 0.15) is 85.5 Å². The summed E-state index contributed by atoms with van der Waals surface area (Å²) in [5.74, 6) is 2.22. The molecule has 43 heavy (non-hydrogen) atoms. The second-order valence-corrected chi connectivity index (χ2v) is 16.2. The van der Waals surface area contributed by atoms with Gasteiger partial charge in [-0.3, -0.25) is 0 Å². The van der Waals surface area contributed by atoms with E-state index in [0.29, 0.717) is 36.3 Å². The Morgan fingerprint density at radius 2 is 1.74 bits per heavy atom. The lowest BCUT2D eigenvalue weighted by molar-refractivity contribution is -0.313. The maximum Gasteiger partial charge on any atom is 0.186 e. The first-order valence-electron chi connectivity index (χ1n) is 17.0. The molecule has 0 bridgehead atoms. The lowest BCUT2D eigenvalue weighted by Gasteiger charge is -2.59. The summed E-state index contributed by atoms with van der Waals surface area (Å²) in [4.78, 5) is 2.34. The highest BCUT2D eigenvalue weighted by Gasteiger charge is 2.62. The van der Waals surface area contributed by atoms with Crippen molar-refractivity contribution in [2.24, 2.45) is 40.4 Å². The Balaban J connectivity index is 1.15. The van der Waals surface area contributed by atoms with Crippen LogP contribution in [0.5, 0.6) is 0 Å². The molecule has 0 spiro atoms. The van der Waals surface area contributed by atoms with E-state index in [1.54, 1.807) is 0 Å². The molecule has 6 N–H and O–H groups in total. The first kappa shape index (κ1) is 32.3. The van der Waals surface area contributed by atoms with Crippen LogP contribution in [0, 0.1) is 40.4 Å². The summed E-state index contributed by atoms with van der Waals surface area (Å²) < 4.78 is 11.8. The molecule has 2 saturated heterocycles. The number of hydrogen-bond donors (Lipinski definition) is 6. The van der Waals surface area contributed by atoms with Gasteiger partial charge >= 0.3 is 0 Å². The van der Waals surface area contributed by atoms with Gasteiger partial charge in [-0.2, -0.15) is 0 Å². The van der Waals surface area contributed by atoms with Gasteiger partial charge in [-0.15, -0.1) is 0 Å². The normalized spacial score (nSPS) is 54.7. The molecular formula is C34H57NO8. The first-order chi connectivity index (χ1) is 20.2. The van der Waals surface area contributed by atoms with Crippen LogP contribution in [0.15, 0.2) is 11.6 Å². The number of aliphatic hydroxyl groups excluding tert-OH is 5. The molecule has 2 heterocycles. The van der Waals surface area contributed by atoms with E-state index in [2.05, 4.69) is 38.8 Å². The van der Waals surface area contributed by atoms with Gasteiger partial charge in [0.05, 0.1) is 24.4 Å². The monoisotopic (exact) mass is 607 g/mol. The molecule has 6 aliphatic rings. The van der Waals surface area contributed by atoms with Crippen molar-refractivity contribution in [2.75, 3.05) is 20.2 Å². The van der Waals surface area contributed by atoms with E-state index in [0.717, 1.165) is 57.8 Å². The van der Waals surface area contributed by atoms with Crippen LogP contribution in [0.2, 0.25) is 0 Å². The molecule has 4 aliphatic carbocycles. The average Bonchev–Trinajstić information content (AvgIpc) is 3.22. The van der Waals surface area contributed by atoms with Crippen molar-refractivity contribution in [2.45, 2.75) is 140 Å². The molecule has 3 saturated carbocycles. The van der Waals surface area contributed by atoms with Gasteiger partial charge in [0.15, 0.2) is 6.29 Å². The molecule has 5 fully saturated rings. The number of rotatable bonds is 5. The fraction of sp³-hybridized carbons (Fsp3) is 0.941. The van der Waals surface area contributed by atoms with Gasteiger partial charge in [0.2, 0.25) is 0 Å². The predicted molar refractivity (Wildman–Crippen MR) is 161 cm³/mol. The number of nitrogens with zero attached hydrogens (tertiary/aromatic N) is 1. The number of piperidine rings is 1. The third-order valence-corrected chi connectivity index (χ3v) is 13.7. The number of hydrogen-bond acceptors (Lipinski definition) is 9. The number of fused-ring (bicyclic) bond motifs is 5. The molecule has 0 aromatic carbocycles. The van der Waals surface area contributed by atoms with Gasteiger partial charge in [0.25, 0.3) is 0 Å². The Kier molecular flexibility index (Phi) is 8.69. The second kappa shape index (κ2) is 11.6. The van der Waals surface area contributed by atoms with Gasteiger partial charge in [-0.05, 0) is 112 Å². The average molecular weight is 608 g/mol. The van der Waals surface area contributed by atoms with Gasteiger partial charge in [0, 0.05) is 12.6 Å². The highest BCUT2D eigenvalue weighted by atomic mass is 16.7. The van der Waals surface area contributed by atoms with Crippen molar-refractivity contribution in [1.29, 1.82) is 0 Å². The number of likely N-dealkylation sites (tertiary alicyclic amines) is 1. The summed E-state index contributed by atoms with van der Waals surface area (Å²) in [7, 11) is 2.14. The molecular weight excluding hydrogens is 550 g/mol. The van der Waals surface area contributed by atoms with Crippen LogP contribution in [0.25, 0.3) is 0 Å². The number of ether oxygens (including phenoxy) is 2. The minimum Gasteiger partial charge on any atom is -0.394 e. The smallest absolute Gasteiger partial charge is 0.186 e. The number of β-amino-alcohol motifs (C(OH)–C–C–N with tert-alkyl or cyclic N) is 1. The Bertz CT molecular complexity index is 1050. The van der Waals surface area contributed by atoms with Crippen molar-refractivity contribution in [3.05, 3.63) is 11.6 Å². The molecule has 9 nitrogen and oxygen atoms in total. The van der Waals surface area contributed by atoms with Crippen LogP contribution >= 0.6 is 0 Å². The summed E-state index contributed by atoms with van der Waals surface area (Å²) in [6.45, 7) is 9.41. The topological polar surface area (TPSA) is 143 Å². The molecule has 9 heteroatoms. The van der Waals surface area contributed by atoms with Crippen molar-refractivity contribution < 1.29 is 40.1 Å². The van der Waals surface area contributed by atoms with E-state index in [1.807, 2.05) is 6.92 Å². The third kappa shape index (κ3) is 5.36. The SMILES string of the molecule is C[C@@H]([C@H]1[C@@H](O)C[C@H]2[C@@H]3CC=C4C[C@@H](O[C@@H]5O[C@H](CO)[C@@H](O)[C@H](O)[C@H]5O)CC[C@]4(C)[C@H]3CC[C@]12C)[C@@H]1CC[C@@](C)(O)CN1C. The molecule has 0 amide bonds. The maximum absolute atomic E-state index is 11.7. The highest BCUT2D eigenvalue weighted by molar-refractivity contribution is 5.26. The largest absolute Gasteiger partial charge is 0.394 e. The lowest BCUT2D eigenvalue weighted by Crippen LogP contribution is -2.60.